The van der Waals surface area contributed by atoms with Crippen molar-refractivity contribution < 1.29 is 9.90 Å². The van der Waals surface area contributed by atoms with Crippen LogP contribution in [0.5, 0.6) is 0 Å². The number of halogens is 1. The molecule has 0 saturated carbocycles. The van der Waals surface area contributed by atoms with E-state index >= 15 is 0 Å². The van der Waals surface area contributed by atoms with E-state index in [0.717, 1.165) is 36.0 Å². The van der Waals surface area contributed by atoms with E-state index < -0.39 is 6.10 Å². The molecule has 0 radical (unpaired) electrons. The summed E-state index contributed by atoms with van der Waals surface area (Å²) in [6.07, 6.45) is 7.00. The number of aliphatic hydroxyl groups is 1. The van der Waals surface area contributed by atoms with Crippen LogP contribution in [-0.4, -0.2) is 50.2 Å². The number of nitrogens with one attached hydrogen (secondary N) is 1. The lowest BCUT2D eigenvalue weighted by atomic mass is 10.0. The molecule has 1 aliphatic rings. The molecule has 3 atom stereocenters. The van der Waals surface area contributed by atoms with E-state index in [4.69, 9.17) is 11.6 Å². The monoisotopic (exact) mass is 451 g/mol. The second-order valence-electron chi connectivity index (χ2n) is 8.22. The summed E-state index contributed by atoms with van der Waals surface area (Å²) in [5.74, 6) is -0.0351. The lowest BCUT2D eigenvalue weighted by molar-refractivity contribution is 0.0785. The third-order valence-corrected chi connectivity index (χ3v) is 6.07. The van der Waals surface area contributed by atoms with Gasteiger partial charge in [0.15, 0.2) is 0 Å². The summed E-state index contributed by atoms with van der Waals surface area (Å²) >= 11 is 5.84. The van der Waals surface area contributed by atoms with E-state index in [1.165, 1.54) is 0 Å². The van der Waals surface area contributed by atoms with Crippen LogP contribution >= 0.6 is 11.6 Å². The van der Waals surface area contributed by atoms with E-state index in [1.807, 2.05) is 36.4 Å². The summed E-state index contributed by atoms with van der Waals surface area (Å²) in [6, 6.07) is 13.4. The Bertz CT molecular complexity index is 1030. The summed E-state index contributed by atoms with van der Waals surface area (Å²) in [5.41, 5.74) is 3.51. The van der Waals surface area contributed by atoms with Crippen LogP contribution in [0, 0.1) is 0 Å². The van der Waals surface area contributed by atoms with Crippen molar-refractivity contribution in [2.45, 2.75) is 44.0 Å². The number of aliphatic hydroxyl groups excluding tert-OH is 1. The van der Waals surface area contributed by atoms with E-state index in [2.05, 4.69) is 20.5 Å². The summed E-state index contributed by atoms with van der Waals surface area (Å²) in [5, 5.41) is 22.2. The first-order chi connectivity index (χ1) is 15.5. The fourth-order valence-corrected chi connectivity index (χ4v) is 4.21. The first kappa shape index (κ1) is 22.3. The van der Waals surface area contributed by atoms with Gasteiger partial charge in [0.1, 0.15) is 5.15 Å². The number of rotatable bonds is 7. The molecule has 1 amide bonds. The molecule has 3 aromatic rings. The van der Waals surface area contributed by atoms with Crippen molar-refractivity contribution in [1.82, 2.24) is 25.4 Å². The fourth-order valence-electron chi connectivity index (χ4n) is 4.10. The topological polar surface area (TPSA) is 91.2 Å². The third kappa shape index (κ3) is 5.48. The van der Waals surface area contributed by atoms with Crippen LogP contribution in [0.15, 0.2) is 61.1 Å². The molecule has 0 aliphatic carbocycles. The molecular weight excluding hydrogens is 426 g/mol. The Morgan fingerprint density at radius 3 is 2.62 bits per heavy atom. The number of carbonyl (C=O) groups excluding carboxylic acids is 1. The number of nitrogens with zero attached hydrogens (tertiary/aromatic N) is 4. The number of aromatic nitrogens is 3. The molecular formula is C24H26ClN5O2. The Morgan fingerprint density at radius 2 is 1.94 bits per heavy atom. The minimum atomic E-state index is -0.615. The van der Waals surface area contributed by atoms with Crippen LogP contribution in [0.4, 0.5) is 0 Å². The number of hydrogen-bond acceptors (Lipinski definition) is 6. The highest BCUT2D eigenvalue weighted by atomic mass is 35.5. The number of amides is 1. The number of pyridine rings is 1. The number of hydrogen-bond donors (Lipinski definition) is 2. The van der Waals surface area contributed by atoms with E-state index in [9.17, 15) is 9.90 Å². The van der Waals surface area contributed by atoms with Gasteiger partial charge in [-0.15, -0.1) is 0 Å². The molecule has 0 bridgehead atoms. The largest absolute Gasteiger partial charge is 0.387 e. The SMILES string of the molecule is CN(Cc1ccnnc1)C(=O)c1ccc(C[C@@H]2CC[C@H]([C@H](O)c3ccc(Cl)nc3)N2)cc1. The summed E-state index contributed by atoms with van der Waals surface area (Å²) < 4.78 is 0. The quantitative estimate of drug-likeness (QED) is 0.536. The van der Waals surface area contributed by atoms with Gasteiger partial charge in [-0.05, 0) is 54.7 Å². The molecule has 1 fully saturated rings. The minimum Gasteiger partial charge on any atom is -0.387 e. The summed E-state index contributed by atoms with van der Waals surface area (Å²) in [6.45, 7) is 0.481. The van der Waals surface area contributed by atoms with E-state index in [1.54, 1.807) is 36.6 Å². The average Bonchev–Trinajstić information content (AvgIpc) is 3.28. The normalized spacial score (nSPS) is 19.0. The van der Waals surface area contributed by atoms with Crippen LogP contribution < -0.4 is 5.32 Å². The maximum Gasteiger partial charge on any atom is 0.253 e. The lowest BCUT2D eigenvalue weighted by Gasteiger charge is -2.20. The van der Waals surface area contributed by atoms with Gasteiger partial charge >= 0.3 is 0 Å². The van der Waals surface area contributed by atoms with Gasteiger partial charge in [-0.1, -0.05) is 29.8 Å². The Morgan fingerprint density at radius 1 is 1.12 bits per heavy atom. The fraction of sp³-hybridized carbons (Fsp3) is 0.333. The van der Waals surface area contributed by atoms with Crippen LogP contribution in [-0.2, 0) is 13.0 Å². The second-order valence-corrected chi connectivity index (χ2v) is 8.61. The van der Waals surface area contributed by atoms with Crippen molar-refractivity contribution in [2.75, 3.05) is 7.05 Å². The molecule has 2 aromatic heterocycles. The maximum atomic E-state index is 12.7. The molecule has 1 saturated heterocycles. The highest BCUT2D eigenvalue weighted by Gasteiger charge is 2.30. The smallest absolute Gasteiger partial charge is 0.253 e. The molecule has 2 N–H and O–H groups in total. The minimum absolute atomic E-state index is 0.0137. The van der Waals surface area contributed by atoms with Crippen molar-refractivity contribution in [3.05, 3.63) is 88.5 Å². The standard InChI is InChI=1S/C24H26ClN5O2/c1-30(15-17-10-11-27-28-13-17)24(32)18-4-2-16(3-5-18)12-20-7-8-21(29-20)23(31)19-6-9-22(25)26-14-19/h2-6,9-11,13-14,20-21,23,29,31H,7-8,12,15H2,1H3/t20-,21+,23+/m0/s1. The molecule has 1 aliphatic heterocycles. The van der Waals surface area contributed by atoms with Crippen molar-refractivity contribution in [2.24, 2.45) is 0 Å². The van der Waals surface area contributed by atoms with Crippen LogP contribution in [0.1, 0.15) is 46.0 Å². The molecule has 8 heteroatoms. The van der Waals surface area contributed by atoms with Crippen molar-refractivity contribution in [3.63, 3.8) is 0 Å². The summed E-state index contributed by atoms with van der Waals surface area (Å²) in [4.78, 5) is 18.4. The van der Waals surface area contributed by atoms with E-state index in [-0.39, 0.29) is 18.0 Å². The lowest BCUT2D eigenvalue weighted by Crippen LogP contribution is -2.35. The summed E-state index contributed by atoms with van der Waals surface area (Å²) in [7, 11) is 1.78. The van der Waals surface area contributed by atoms with Crippen molar-refractivity contribution in [3.8, 4) is 0 Å². The zero-order valence-corrected chi connectivity index (χ0v) is 18.6. The predicted molar refractivity (Wildman–Crippen MR) is 122 cm³/mol. The van der Waals surface area contributed by atoms with Gasteiger partial charge in [-0.2, -0.15) is 10.2 Å². The molecule has 7 nitrogen and oxygen atoms in total. The van der Waals surface area contributed by atoms with Crippen LogP contribution in [0.25, 0.3) is 0 Å². The van der Waals surface area contributed by atoms with Gasteiger partial charge in [-0.25, -0.2) is 4.98 Å². The van der Waals surface area contributed by atoms with Gasteiger partial charge in [0.25, 0.3) is 5.91 Å². The maximum absolute atomic E-state index is 12.7. The zero-order chi connectivity index (χ0) is 22.5. The van der Waals surface area contributed by atoms with E-state index in [0.29, 0.717) is 17.3 Å². The Labute approximate surface area is 192 Å². The van der Waals surface area contributed by atoms with Gasteiger partial charge < -0.3 is 15.3 Å². The zero-order valence-electron chi connectivity index (χ0n) is 17.9. The average molecular weight is 452 g/mol. The van der Waals surface area contributed by atoms with Crippen molar-refractivity contribution in [1.29, 1.82) is 0 Å². The van der Waals surface area contributed by atoms with Gasteiger partial charge in [0.05, 0.1) is 12.3 Å². The van der Waals surface area contributed by atoms with Gasteiger partial charge in [0, 0.05) is 49.2 Å². The van der Waals surface area contributed by atoms with Gasteiger partial charge in [0.2, 0.25) is 0 Å². The predicted octanol–water partition coefficient (Wildman–Crippen LogP) is 3.19. The third-order valence-electron chi connectivity index (χ3n) is 5.84. The number of carbonyl (C=O) groups is 1. The number of benzene rings is 1. The Balaban J connectivity index is 1.31. The molecule has 166 valence electrons. The molecule has 4 rings (SSSR count). The molecule has 1 aromatic carbocycles. The van der Waals surface area contributed by atoms with Crippen LogP contribution in [0.3, 0.4) is 0 Å². The molecule has 0 spiro atoms. The Kier molecular flexibility index (Phi) is 7.09. The van der Waals surface area contributed by atoms with Crippen LogP contribution in [0.2, 0.25) is 5.15 Å². The van der Waals surface area contributed by atoms with Gasteiger partial charge in [-0.3, -0.25) is 4.79 Å². The molecule has 3 heterocycles. The first-order valence-corrected chi connectivity index (χ1v) is 11.0. The second kappa shape index (κ2) is 10.2. The molecule has 0 unspecified atom stereocenters. The first-order valence-electron chi connectivity index (χ1n) is 10.6. The molecule has 32 heavy (non-hydrogen) atoms. The van der Waals surface area contributed by atoms with Crippen molar-refractivity contribution >= 4 is 17.5 Å². The Hall–Kier alpha value is -2.87. The highest BCUT2D eigenvalue weighted by Crippen LogP contribution is 2.27. The highest BCUT2D eigenvalue weighted by molar-refractivity contribution is 6.29.